The molecule has 0 saturated heterocycles. The van der Waals surface area contributed by atoms with Gasteiger partial charge in [-0.3, -0.25) is 0 Å². The first-order valence-electron chi connectivity index (χ1n) is 22.6. The highest BCUT2D eigenvalue weighted by molar-refractivity contribution is 6.24. The molecule has 11 aromatic carbocycles. The van der Waals surface area contributed by atoms with Crippen LogP contribution in [0.2, 0.25) is 0 Å². The Bertz CT molecular complexity index is 3600. The van der Waals surface area contributed by atoms with E-state index in [1.165, 1.54) is 120 Å². The molecule has 0 heteroatoms. The molecule has 12 rings (SSSR count). The summed E-state index contributed by atoms with van der Waals surface area (Å²) >= 11 is 0. The van der Waals surface area contributed by atoms with Crippen LogP contribution >= 0.6 is 0 Å². The van der Waals surface area contributed by atoms with Crippen molar-refractivity contribution < 1.29 is 0 Å². The maximum Gasteiger partial charge on any atom is 0.0324 e. The van der Waals surface area contributed by atoms with Crippen LogP contribution in [0, 0.1) is 10.8 Å². The van der Waals surface area contributed by atoms with Gasteiger partial charge < -0.3 is 0 Å². The van der Waals surface area contributed by atoms with Crippen LogP contribution in [0.1, 0.15) is 52.7 Å². The predicted molar refractivity (Wildman–Crippen MR) is 273 cm³/mol. The van der Waals surface area contributed by atoms with Crippen LogP contribution < -0.4 is 0 Å². The van der Waals surface area contributed by atoms with Crippen molar-refractivity contribution in [1.29, 1.82) is 0 Å². The maximum atomic E-state index is 2.47. The largest absolute Gasteiger partial charge is 0.0616 e. The highest BCUT2D eigenvalue weighted by atomic mass is 14.6. The van der Waals surface area contributed by atoms with E-state index in [9.17, 15) is 0 Å². The van der Waals surface area contributed by atoms with Gasteiger partial charge in [0.2, 0.25) is 0 Å². The summed E-state index contributed by atoms with van der Waals surface area (Å²) in [5.41, 5.74) is 12.8. The lowest BCUT2D eigenvalue weighted by atomic mass is 9.49. The van der Waals surface area contributed by atoms with Crippen LogP contribution in [0.4, 0.5) is 0 Å². The Balaban J connectivity index is 1.03. The Morgan fingerprint density at radius 2 is 0.730 bits per heavy atom. The second kappa shape index (κ2) is 13.5. The van der Waals surface area contributed by atoms with Crippen molar-refractivity contribution in [3.05, 3.63) is 205 Å². The normalized spacial score (nSPS) is 13.7. The van der Waals surface area contributed by atoms with E-state index in [1.807, 2.05) is 0 Å². The van der Waals surface area contributed by atoms with Gasteiger partial charge in [0.25, 0.3) is 0 Å². The molecule has 0 amide bonds. The summed E-state index contributed by atoms with van der Waals surface area (Å²) in [6.45, 7) is 14.8. The Morgan fingerprint density at radius 3 is 1.33 bits per heavy atom. The van der Waals surface area contributed by atoms with Crippen LogP contribution in [-0.2, 0) is 5.41 Å². The van der Waals surface area contributed by atoms with E-state index in [1.54, 1.807) is 0 Å². The molecule has 0 aliphatic heterocycles. The molecule has 11 aromatic rings. The van der Waals surface area contributed by atoms with E-state index in [0.29, 0.717) is 0 Å². The lowest BCUT2D eigenvalue weighted by Crippen LogP contribution is -2.50. The monoisotopic (exact) mass is 806 g/mol. The molecule has 63 heavy (non-hydrogen) atoms. The molecule has 0 heterocycles. The molecule has 0 nitrogen and oxygen atoms in total. The van der Waals surface area contributed by atoms with Gasteiger partial charge in [0.1, 0.15) is 0 Å². The lowest BCUT2D eigenvalue weighted by Gasteiger charge is -2.54. The van der Waals surface area contributed by atoms with Crippen molar-refractivity contribution in [3.8, 4) is 44.5 Å². The van der Waals surface area contributed by atoms with E-state index in [4.69, 9.17) is 0 Å². The molecular formula is C63H50. The zero-order valence-electron chi connectivity index (χ0n) is 37.0. The molecule has 0 atom stereocenters. The van der Waals surface area contributed by atoms with Gasteiger partial charge in [-0.15, -0.1) is 0 Å². The first kappa shape index (κ1) is 37.7. The Labute approximate surface area is 370 Å². The highest BCUT2D eigenvalue weighted by Gasteiger charge is 2.59. The van der Waals surface area contributed by atoms with E-state index < -0.39 is 0 Å². The Hall–Kier alpha value is -7.02. The fraction of sp³-hybridized carbons (Fsp3) is 0.143. The summed E-state index contributed by atoms with van der Waals surface area (Å²) in [7, 11) is 0. The number of benzene rings is 11. The van der Waals surface area contributed by atoms with Crippen molar-refractivity contribution in [2.24, 2.45) is 10.8 Å². The van der Waals surface area contributed by atoms with Crippen molar-refractivity contribution in [3.63, 3.8) is 0 Å². The van der Waals surface area contributed by atoms with Crippen LogP contribution in [-0.4, -0.2) is 0 Å². The molecule has 0 radical (unpaired) electrons. The van der Waals surface area contributed by atoms with Crippen LogP contribution in [0.25, 0.3) is 109 Å². The summed E-state index contributed by atoms with van der Waals surface area (Å²) in [5, 5.41) is 15.7. The first-order chi connectivity index (χ1) is 30.6. The first-order valence-corrected chi connectivity index (χ1v) is 22.6. The van der Waals surface area contributed by atoms with Crippen molar-refractivity contribution in [2.45, 2.75) is 47.0 Å². The summed E-state index contributed by atoms with van der Waals surface area (Å²) in [5.74, 6) is 0. The van der Waals surface area contributed by atoms with Gasteiger partial charge >= 0.3 is 0 Å². The van der Waals surface area contributed by atoms with E-state index in [-0.39, 0.29) is 16.2 Å². The molecule has 0 unspecified atom stereocenters. The summed E-state index contributed by atoms with van der Waals surface area (Å²) < 4.78 is 0. The van der Waals surface area contributed by atoms with Crippen molar-refractivity contribution in [1.82, 2.24) is 0 Å². The van der Waals surface area contributed by atoms with Gasteiger partial charge in [-0.05, 0) is 137 Å². The average Bonchev–Trinajstić information content (AvgIpc) is 3.65. The van der Waals surface area contributed by atoms with Crippen LogP contribution in [0.5, 0.6) is 0 Å². The Kier molecular flexibility index (Phi) is 8.08. The minimum Gasteiger partial charge on any atom is -0.0616 e. The standard InChI is InChI=1S/C63H50/c1-61(2,3)63(62(4,5)6)59-45-36-34-42(38-43(45)35-37-55(59)58-49-23-11-9-21-46(49)47-22-10-16-28-54(47)60(58)63)39-30-32-41(33-31-39)56-50-24-12-14-26-52(50)57(53-27-15-13-25-51(53)56)48-29-17-19-40-18-7-8-20-44(40)48/h7-38H,1-6H3. The van der Waals surface area contributed by atoms with Crippen LogP contribution in [0.15, 0.2) is 194 Å². The number of rotatable bonds is 3. The lowest BCUT2D eigenvalue weighted by molar-refractivity contribution is 0.0977. The van der Waals surface area contributed by atoms with Gasteiger partial charge in [0.05, 0.1) is 0 Å². The highest BCUT2D eigenvalue weighted by Crippen LogP contribution is 2.68. The predicted octanol–water partition coefficient (Wildman–Crippen LogP) is 18.0. The SMILES string of the molecule is CC(C)(C)C1(C(C)(C)C)c2c(ccc3cc(-c4ccc(-c5c6ccccc6c(-c6cccc7ccccc67)c6ccccc56)cc4)ccc23)-c2c1c1ccccc1c1ccccc21. The summed E-state index contributed by atoms with van der Waals surface area (Å²) in [6.07, 6.45) is 0. The quantitative estimate of drug-likeness (QED) is 0.123. The fourth-order valence-electron chi connectivity index (χ4n) is 12.7. The summed E-state index contributed by atoms with van der Waals surface area (Å²) in [4.78, 5) is 0. The second-order valence-corrected chi connectivity index (χ2v) is 20.0. The molecule has 302 valence electrons. The third kappa shape index (κ3) is 5.22. The third-order valence-corrected chi connectivity index (χ3v) is 14.7. The molecule has 0 N–H and O–H groups in total. The molecule has 1 aliphatic carbocycles. The van der Waals surface area contributed by atoms with Crippen molar-refractivity contribution >= 4 is 64.6 Å². The van der Waals surface area contributed by atoms with Gasteiger partial charge in [0, 0.05) is 5.41 Å². The minimum atomic E-state index is -0.272. The molecule has 0 spiro atoms. The number of hydrogen-bond acceptors (Lipinski definition) is 0. The van der Waals surface area contributed by atoms with Gasteiger partial charge in [-0.2, -0.15) is 0 Å². The molecule has 0 fully saturated rings. The van der Waals surface area contributed by atoms with E-state index in [0.717, 1.165) is 0 Å². The minimum absolute atomic E-state index is 0.0965. The second-order valence-electron chi connectivity index (χ2n) is 20.0. The number of hydrogen-bond donors (Lipinski definition) is 0. The van der Waals surface area contributed by atoms with E-state index >= 15 is 0 Å². The molecule has 0 bridgehead atoms. The summed E-state index contributed by atoms with van der Waals surface area (Å²) in [6, 6.07) is 73.1. The maximum absolute atomic E-state index is 2.47. The number of fused-ring (bicyclic) bond motifs is 13. The van der Waals surface area contributed by atoms with Gasteiger partial charge in [-0.25, -0.2) is 0 Å². The van der Waals surface area contributed by atoms with E-state index in [2.05, 4.69) is 236 Å². The molecule has 0 aromatic heterocycles. The Morgan fingerprint density at radius 1 is 0.270 bits per heavy atom. The van der Waals surface area contributed by atoms with Crippen LogP contribution in [0.3, 0.4) is 0 Å². The molecule has 1 aliphatic rings. The average molecular weight is 807 g/mol. The van der Waals surface area contributed by atoms with Gasteiger partial charge in [-0.1, -0.05) is 230 Å². The smallest absolute Gasteiger partial charge is 0.0324 e. The van der Waals surface area contributed by atoms with Crippen molar-refractivity contribution in [2.75, 3.05) is 0 Å². The fourth-order valence-corrected chi connectivity index (χ4v) is 12.7. The molecule has 0 saturated carbocycles. The third-order valence-electron chi connectivity index (χ3n) is 14.7. The zero-order valence-corrected chi connectivity index (χ0v) is 37.0. The molecular weight excluding hydrogens is 757 g/mol. The zero-order chi connectivity index (χ0) is 42.8. The van der Waals surface area contributed by atoms with Gasteiger partial charge in [0.15, 0.2) is 0 Å². The topological polar surface area (TPSA) is 0 Å².